The second kappa shape index (κ2) is 4.95. The number of carbonyl (C=O) groups excluding carboxylic acids is 1. The average molecular weight is 351 g/mol. The summed E-state index contributed by atoms with van der Waals surface area (Å²) in [5.74, 6) is -0.189. The lowest BCUT2D eigenvalue weighted by atomic mass is 10.1. The number of halogens is 1. The van der Waals surface area contributed by atoms with Gasteiger partial charge >= 0.3 is 10.3 Å². The summed E-state index contributed by atoms with van der Waals surface area (Å²) in [6.45, 7) is -0.0954. The van der Waals surface area contributed by atoms with Crippen molar-refractivity contribution in [3.05, 3.63) is 59.1 Å². The molecule has 0 spiro atoms. The number of anilines is 1. The van der Waals surface area contributed by atoms with Crippen molar-refractivity contribution < 1.29 is 17.4 Å². The van der Waals surface area contributed by atoms with E-state index < -0.39 is 16.3 Å². The fraction of sp³-hybridized carbons (Fsp3) is 0.133. The summed E-state index contributed by atoms with van der Waals surface area (Å²) in [6.07, 6.45) is 0. The second-order valence-electron chi connectivity index (χ2n) is 5.26. The Morgan fingerprint density at radius 1 is 1.13 bits per heavy atom. The highest BCUT2D eigenvalue weighted by molar-refractivity contribution is 7.84. The Morgan fingerprint density at radius 3 is 2.61 bits per heavy atom. The molecule has 1 amide bonds. The van der Waals surface area contributed by atoms with Crippen LogP contribution in [0.3, 0.4) is 0 Å². The molecule has 0 unspecified atom stereocenters. The second-order valence-corrected chi connectivity index (χ2v) is 7.18. The largest absolute Gasteiger partial charge is 0.387 e. The van der Waals surface area contributed by atoms with Crippen LogP contribution < -0.4 is 9.08 Å². The molecule has 2 aliphatic rings. The molecule has 0 saturated carbocycles. The van der Waals surface area contributed by atoms with Crippen molar-refractivity contribution in [2.45, 2.75) is 6.04 Å². The molecule has 2 heterocycles. The summed E-state index contributed by atoms with van der Waals surface area (Å²) in [4.78, 5) is 14.2. The van der Waals surface area contributed by atoms with Gasteiger partial charge in [0.15, 0.2) is 0 Å². The Morgan fingerprint density at radius 2 is 1.87 bits per heavy atom. The molecule has 2 aromatic rings. The van der Waals surface area contributed by atoms with Gasteiger partial charge in [-0.3, -0.25) is 9.69 Å². The Balaban J connectivity index is 1.85. The highest BCUT2D eigenvalue weighted by Gasteiger charge is 2.51. The summed E-state index contributed by atoms with van der Waals surface area (Å²) in [7, 11) is -4.03. The van der Waals surface area contributed by atoms with E-state index in [0.717, 1.165) is 4.31 Å². The molecule has 2 aromatic carbocycles. The molecule has 4 rings (SSSR count). The van der Waals surface area contributed by atoms with Gasteiger partial charge in [0.1, 0.15) is 11.8 Å². The van der Waals surface area contributed by atoms with Gasteiger partial charge in [0.2, 0.25) is 0 Å². The van der Waals surface area contributed by atoms with Gasteiger partial charge in [-0.15, -0.1) is 4.31 Å². The van der Waals surface area contributed by atoms with Crippen LogP contribution in [0.2, 0.25) is 5.02 Å². The van der Waals surface area contributed by atoms with Crippen LogP contribution in [0.25, 0.3) is 0 Å². The molecule has 0 bridgehead atoms. The first-order valence-electron chi connectivity index (χ1n) is 6.84. The van der Waals surface area contributed by atoms with Crippen LogP contribution in [-0.4, -0.2) is 25.3 Å². The highest BCUT2D eigenvalue weighted by atomic mass is 35.5. The minimum atomic E-state index is -4.03. The maximum Gasteiger partial charge on any atom is 0.387 e. The van der Waals surface area contributed by atoms with E-state index in [9.17, 15) is 13.2 Å². The number of hydrogen-bond acceptors (Lipinski definition) is 4. The van der Waals surface area contributed by atoms with Gasteiger partial charge in [-0.1, -0.05) is 29.8 Å². The number of fused-ring (bicyclic) bond motifs is 3. The van der Waals surface area contributed by atoms with E-state index in [-0.39, 0.29) is 18.3 Å². The molecule has 0 N–H and O–H groups in total. The molecule has 118 valence electrons. The molecule has 0 radical (unpaired) electrons. The van der Waals surface area contributed by atoms with Crippen molar-refractivity contribution in [3.63, 3.8) is 0 Å². The number of rotatable bonds is 1. The van der Waals surface area contributed by atoms with E-state index in [1.165, 1.54) is 17.0 Å². The number of para-hydroxylation sites is 1. The van der Waals surface area contributed by atoms with E-state index in [0.29, 0.717) is 16.3 Å². The summed E-state index contributed by atoms with van der Waals surface area (Å²) in [5, 5.41) is 0.414. The van der Waals surface area contributed by atoms with Gasteiger partial charge in [0.25, 0.3) is 5.91 Å². The molecule has 6 nitrogen and oxygen atoms in total. The molecule has 2 aliphatic heterocycles. The third-order valence-corrected chi connectivity index (χ3v) is 5.41. The fourth-order valence-corrected chi connectivity index (χ4v) is 4.21. The standard InChI is InChI=1S/C15H11ClN2O4S/c16-10-6-7-13-12(8-10)14-15(19)17(11-4-2-1-3-5-11)9-18(14)23(20,21)22-13/h1-8,14H,9H2/t14-/m1/s1. The van der Waals surface area contributed by atoms with Crippen molar-refractivity contribution >= 4 is 33.5 Å². The van der Waals surface area contributed by atoms with Gasteiger partial charge in [0.05, 0.1) is 6.67 Å². The van der Waals surface area contributed by atoms with Crippen molar-refractivity contribution in [1.29, 1.82) is 0 Å². The third-order valence-electron chi connectivity index (χ3n) is 3.89. The monoisotopic (exact) mass is 350 g/mol. The van der Waals surface area contributed by atoms with Crippen molar-refractivity contribution in [3.8, 4) is 5.75 Å². The third kappa shape index (κ3) is 2.20. The number of benzene rings is 2. The first-order chi connectivity index (χ1) is 11.0. The molecule has 0 aromatic heterocycles. The quantitative estimate of drug-likeness (QED) is 0.791. The summed E-state index contributed by atoms with van der Waals surface area (Å²) in [5.41, 5.74) is 1.08. The molecular weight excluding hydrogens is 340 g/mol. The lowest BCUT2D eigenvalue weighted by Gasteiger charge is -2.27. The first-order valence-corrected chi connectivity index (χ1v) is 8.59. The Hall–Kier alpha value is -2.09. The van der Waals surface area contributed by atoms with E-state index in [2.05, 4.69) is 0 Å². The molecule has 0 aliphatic carbocycles. The molecule has 1 atom stereocenters. The first kappa shape index (κ1) is 14.5. The maximum atomic E-state index is 12.8. The van der Waals surface area contributed by atoms with E-state index in [4.69, 9.17) is 15.8 Å². The lowest BCUT2D eigenvalue weighted by molar-refractivity contribution is -0.119. The van der Waals surface area contributed by atoms with E-state index in [1.54, 1.807) is 30.3 Å². The van der Waals surface area contributed by atoms with Crippen molar-refractivity contribution in [2.24, 2.45) is 0 Å². The van der Waals surface area contributed by atoms with Crippen LogP contribution in [0.1, 0.15) is 11.6 Å². The summed E-state index contributed by atoms with van der Waals surface area (Å²) >= 11 is 5.99. The zero-order chi connectivity index (χ0) is 16.2. The predicted octanol–water partition coefficient (Wildman–Crippen LogP) is 2.32. The number of amides is 1. The highest BCUT2D eigenvalue weighted by Crippen LogP contribution is 2.43. The minimum Gasteiger partial charge on any atom is -0.370 e. The van der Waals surface area contributed by atoms with Crippen LogP contribution >= 0.6 is 11.6 Å². The van der Waals surface area contributed by atoms with E-state index >= 15 is 0 Å². The van der Waals surface area contributed by atoms with E-state index in [1.807, 2.05) is 6.07 Å². The van der Waals surface area contributed by atoms with Gasteiger partial charge in [0, 0.05) is 16.3 Å². The van der Waals surface area contributed by atoms with Crippen LogP contribution in [-0.2, 0) is 15.1 Å². The van der Waals surface area contributed by atoms with Crippen LogP contribution in [0.15, 0.2) is 48.5 Å². The minimum absolute atomic E-state index is 0.0954. The molecule has 23 heavy (non-hydrogen) atoms. The van der Waals surface area contributed by atoms with Crippen molar-refractivity contribution in [2.75, 3.05) is 11.6 Å². The Bertz CT molecular complexity index is 901. The zero-order valence-corrected chi connectivity index (χ0v) is 13.3. The molecule has 1 fully saturated rings. The Labute approximate surface area is 138 Å². The lowest BCUT2D eigenvalue weighted by Crippen LogP contribution is -2.39. The SMILES string of the molecule is O=C1[C@H]2c3cc(Cl)ccc3OS(=O)(=O)N2CN1c1ccccc1. The maximum absolute atomic E-state index is 12.8. The normalized spacial score (nSPS) is 22.4. The van der Waals surface area contributed by atoms with Gasteiger partial charge in [-0.2, -0.15) is 8.42 Å². The topological polar surface area (TPSA) is 66.9 Å². The number of carbonyl (C=O) groups is 1. The predicted molar refractivity (Wildman–Crippen MR) is 84.4 cm³/mol. The molecule has 1 saturated heterocycles. The molecule has 8 heteroatoms. The smallest absolute Gasteiger partial charge is 0.370 e. The van der Waals surface area contributed by atoms with Gasteiger partial charge in [-0.05, 0) is 30.3 Å². The average Bonchev–Trinajstić information content (AvgIpc) is 2.88. The fourth-order valence-electron chi connectivity index (χ4n) is 2.84. The summed E-state index contributed by atoms with van der Waals surface area (Å²) in [6, 6.07) is 12.5. The van der Waals surface area contributed by atoms with Gasteiger partial charge < -0.3 is 4.18 Å². The zero-order valence-electron chi connectivity index (χ0n) is 11.7. The van der Waals surface area contributed by atoms with Gasteiger partial charge in [-0.25, -0.2) is 0 Å². The van der Waals surface area contributed by atoms with Crippen LogP contribution in [0, 0.1) is 0 Å². The van der Waals surface area contributed by atoms with Crippen LogP contribution in [0.5, 0.6) is 5.75 Å². The molecular formula is C15H11ClN2O4S. The summed E-state index contributed by atoms with van der Waals surface area (Å²) < 4.78 is 30.8. The van der Waals surface area contributed by atoms with Crippen LogP contribution in [0.4, 0.5) is 5.69 Å². The number of hydrogen-bond donors (Lipinski definition) is 0. The Kier molecular flexibility index (Phi) is 3.12. The van der Waals surface area contributed by atoms with Crippen molar-refractivity contribution in [1.82, 2.24) is 4.31 Å². The number of nitrogens with zero attached hydrogens (tertiary/aromatic N) is 2.